The van der Waals surface area contributed by atoms with Gasteiger partial charge in [0.05, 0.1) is 16.9 Å². The maximum absolute atomic E-state index is 6.20. The van der Waals surface area contributed by atoms with Crippen molar-refractivity contribution >= 4 is 82.1 Å². The van der Waals surface area contributed by atoms with Crippen LogP contribution in [0.25, 0.3) is 81.5 Å². The minimum Gasteiger partial charge on any atom is -0.333 e. The van der Waals surface area contributed by atoms with E-state index in [-0.39, 0.29) is 20.1 Å². The second kappa shape index (κ2) is 17.7. The van der Waals surface area contributed by atoms with Crippen LogP contribution in [0.1, 0.15) is 70.1 Å². The first-order valence-corrected chi connectivity index (χ1v) is 29.8. The van der Waals surface area contributed by atoms with E-state index in [1.807, 2.05) is 29.5 Å². The van der Waals surface area contributed by atoms with Crippen LogP contribution in [0.5, 0.6) is 0 Å². The van der Waals surface area contributed by atoms with Crippen LogP contribution in [0.2, 0.25) is 17.3 Å². The Balaban J connectivity index is 0.000000172. The van der Waals surface area contributed by atoms with Crippen molar-refractivity contribution < 1.29 is 24.5 Å². The van der Waals surface area contributed by atoms with Crippen LogP contribution in [-0.2, 0) is 26.5 Å². The number of aromatic nitrogens is 3. The van der Waals surface area contributed by atoms with Gasteiger partial charge < -0.3 is 4.57 Å². The first kappa shape index (κ1) is 43.8. The number of nitrogens with zero attached hydrogens (tertiary/aromatic N) is 3. The standard InChI is InChI=1S/C31H27N2S.C24H26GeNO.Ir/c1-19(2)22-11-9-12-23(20(3)4)30(22)33-27-14-7-6-13-26(27)32-31(33)21-16-17-29-25(18-21)24-10-5-8-15-28(24)34-29;1-16(2)13-17-14-22(26-15-21(17)25(3,4)5)20-11-8-10-19-18-9-6-7-12-23(18)27-24(19)20;/h5-15,17-20H,1-4H3;6-10,12,14-16H,13H2,1-5H3;/q2*-1;. The Morgan fingerprint density at radius 3 is 2.13 bits per heavy atom. The van der Waals surface area contributed by atoms with Crippen molar-refractivity contribution in [3.8, 4) is 28.3 Å². The average Bonchev–Trinajstić information content (AvgIpc) is 3.94. The number of furan rings is 1. The number of thiophene rings is 1. The van der Waals surface area contributed by atoms with Gasteiger partial charge in [-0.05, 0) is 51.2 Å². The number of imidazole rings is 1. The van der Waals surface area contributed by atoms with Gasteiger partial charge in [0.2, 0.25) is 0 Å². The predicted octanol–water partition coefficient (Wildman–Crippen LogP) is 15.3. The third kappa shape index (κ3) is 8.23. The molecule has 62 heavy (non-hydrogen) atoms. The summed E-state index contributed by atoms with van der Waals surface area (Å²) < 4.78 is 12.7. The van der Waals surface area contributed by atoms with E-state index in [0.29, 0.717) is 17.8 Å². The molecule has 0 aliphatic carbocycles. The summed E-state index contributed by atoms with van der Waals surface area (Å²) in [5.74, 6) is 9.68. The topological polar surface area (TPSA) is 43.9 Å². The molecule has 4 nitrogen and oxygen atoms in total. The molecule has 10 rings (SSSR count). The van der Waals surface area contributed by atoms with E-state index in [1.54, 1.807) is 0 Å². The third-order valence-corrected chi connectivity index (χ3v) is 17.2. The molecule has 4 aromatic heterocycles. The molecular weight excluding hydrogens is 1020 g/mol. The molecule has 315 valence electrons. The van der Waals surface area contributed by atoms with E-state index in [1.165, 1.54) is 46.9 Å². The molecule has 1 radical (unpaired) electrons. The van der Waals surface area contributed by atoms with E-state index in [0.717, 1.165) is 62.0 Å². The molecule has 10 aromatic rings. The maximum Gasteiger partial charge on any atom is 0.0774 e. The Bertz CT molecular complexity index is 3190. The molecule has 6 aromatic carbocycles. The SMILES string of the molecule is CC(C)Cc1cc(-c2[c-]ccc3c2oc2ccccc23)nc[c]1[Ge]([CH3])([CH3])[CH3].CC(C)c1cccc(C(C)C)c1-n1c(-c2[c-]cc3sc4ccccc4c3c2)nc2ccccc21.[Ir]. The van der Waals surface area contributed by atoms with Gasteiger partial charge in [-0.25, -0.2) is 0 Å². The molecule has 0 N–H and O–H groups in total. The smallest absolute Gasteiger partial charge is 0.0774 e. The summed E-state index contributed by atoms with van der Waals surface area (Å²) in [4.78, 5) is 10.0. The molecule has 0 aliphatic rings. The molecule has 0 spiro atoms. The van der Waals surface area contributed by atoms with Gasteiger partial charge in [0.15, 0.2) is 0 Å². The largest absolute Gasteiger partial charge is 0.333 e. The Morgan fingerprint density at radius 2 is 1.40 bits per heavy atom. The monoisotopic (exact) mass is 1070 g/mol. The minimum atomic E-state index is -1.98. The van der Waals surface area contributed by atoms with Gasteiger partial charge in [-0.2, -0.15) is 11.3 Å². The van der Waals surface area contributed by atoms with Crippen molar-refractivity contribution in [2.75, 3.05) is 0 Å². The quantitative estimate of drug-likeness (QED) is 0.112. The first-order valence-electron chi connectivity index (χ1n) is 21.6. The summed E-state index contributed by atoms with van der Waals surface area (Å²) in [5, 5.41) is 4.84. The Kier molecular flexibility index (Phi) is 12.5. The zero-order valence-electron chi connectivity index (χ0n) is 37.1. The van der Waals surface area contributed by atoms with Gasteiger partial charge in [0, 0.05) is 30.5 Å². The van der Waals surface area contributed by atoms with Gasteiger partial charge in [-0.3, -0.25) is 4.98 Å². The van der Waals surface area contributed by atoms with Gasteiger partial charge in [-0.1, -0.05) is 81.6 Å². The summed E-state index contributed by atoms with van der Waals surface area (Å²) in [6.45, 7) is 13.7. The first-order chi connectivity index (χ1) is 29.4. The van der Waals surface area contributed by atoms with E-state index >= 15 is 0 Å². The molecule has 4 heterocycles. The number of pyridine rings is 1. The number of fused-ring (bicyclic) bond motifs is 7. The molecule has 0 unspecified atom stereocenters. The normalized spacial score (nSPS) is 12.0. The van der Waals surface area contributed by atoms with Crippen molar-refractivity contribution in [3.05, 3.63) is 156 Å². The van der Waals surface area contributed by atoms with E-state index in [4.69, 9.17) is 14.4 Å². The Morgan fingerprint density at radius 1 is 0.710 bits per heavy atom. The molecule has 0 bridgehead atoms. The zero-order chi connectivity index (χ0) is 42.6. The fourth-order valence-corrected chi connectivity index (χ4v) is 13.2. The molecule has 0 saturated carbocycles. The zero-order valence-corrected chi connectivity index (χ0v) is 42.4. The van der Waals surface area contributed by atoms with Crippen molar-refractivity contribution in [1.29, 1.82) is 0 Å². The molecular formula is C55H53GeIrN3OS-2. The number of hydrogen-bond donors (Lipinski definition) is 0. The van der Waals surface area contributed by atoms with Crippen LogP contribution < -0.4 is 4.40 Å². The number of benzene rings is 6. The van der Waals surface area contributed by atoms with Crippen LogP contribution in [0.4, 0.5) is 0 Å². The van der Waals surface area contributed by atoms with Crippen LogP contribution in [0.3, 0.4) is 0 Å². The fraction of sp³-hybridized carbons (Fsp3) is 0.236. The van der Waals surface area contributed by atoms with E-state index in [2.05, 4.69) is 185 Å². The molecule has 0 aliphatic heterocycles. The van der Waals surface area contributed by atoms with Gasteiger partial charge in [0.25, 0.3) is 0 Å². The molecule has 7 heteroatoms. The third-order valence-electron chi connectivity index (χ3n) is 11.7. The minimum absolute atomic E-state index is 0. The average molecular weight is 1070 g/mol. The fourth-order valence-electron chi connectivity index (χ4n) is 8.80. The van der Waals surface area contributed by atoms with Crippen molar-refractivity contribution in [1.82, 2.24) is 14.5 Å². The number of para-hydroxylation sites is 4. The van der Waals surface area contributed by atoms with Crippen molar-refractivity contribution in [2.45, 2.75) is 77.1 Å². The Labute approximate surface area is 386 Å². The van der Waals surface area contributed by atoms with E-state index < -0.39 is 13.3 Å². The van der Waals surface area contributed by atoms with Crippen molar-refractivity contribution in [2.24, 2.45) is 5.92 Å². The summed E-state index contributed by atoms with van der Waals surface area (Å²) in [7, 11) is 0. The Hall–Kier alpha value is -4.85. The van der Waals surface area contributed by atoms with Gasteiger partial charge in [0.1, 0.15) is 0 Å². The molecule has 0 fully saturated rings. The summed E-state index contributed by atoms with van der Waals surface area (Å²) >= 11 is -0.151. The van der Waals surface area contributed by atoms with Crippen LogP contribution in [-0.4, -0.2) is 27.8 Å². The summed E-state index contributed by atoms with van der Waals surface area (Å²) in [6.07, 6.45) is 3.21. The second-order valence-electron chi connectivity index (χ2n) is 18.3. The number of rotatable bonds is 8. The van der Waals surface area contributed by atoms with Gasteiger partial charge >= 0.3 is 164 Å². The second-order valence-corrected chi connectivity index (χ2v) is 30.0. The maximum atomic E-state index is 6.20. The van der Waals surface area contributed by atoms with Crippen LogP contribution >= 0.6 is 11.3 Å². The van der Waals surface area contributed by atoms with E-state index in [9.17, 15) is 0 Å². The predicted molar refractivity (Wildman–Crippen MR) is 264 cm³/mol. The van der Waals surface area contributed by atoms with Crippen LogP contribution in [0, 0.1) is 18.1 Å². The van der Waals surface area contributed by atoms with Gasteiger partial charge in [-0.15, -0.1) is 23.8 Å². The van der Waals surface area contributed by atoms with Crippen molar-refractivity contribution in [3.63, 3.8) is 0 Å². The summed E-state index contributed by atoms with van der Waals surface area (Å²) in [5.41, 5.74) is 12.3. The molecule has 0 saturated heterocycles. The van der Waals surface area contributed by atoms with Crippen LogP contribution in [0.15, 0.2) is 132 Å². The molecule has 0 amide bonds. The molecule has 0 atom stereocenters. The number of hydrogen-bond acceptors (Lipinski definition) is 4. The summed E-state index contributed by atoms with van der Waals surface area (Å²) in [6, 6.07) is 49.8.